The molecule has 2 aromatic carbocycles. The molecule has 0 spiro atoms. The van der Waals surface area contributed by atoms with Crippen LogP contribution in [-0.4, -0.2) is 59.4 Å². The molecule has 0 aliphatic carbocycles. The number of amides is 3. The van der Waals surface area contributed by atoms with E-state index in [1.165, 1.54) is 11.3 Å². The van der Waals surface area contributed by atoms with Crippen LogP contribution >= 0.6 is 22.9 Å². The first-order valence-corrected chi connectivity index (χ1v) is 12.8. The lowest BCUT2D eigenvalue weighted by molar-refractivity contribution is -0.137. The lowest BCUT2D eigenvalue weighted by Crippen LogP contribution is -2.49. The van der Waals surface area contributed by atoms with Gasteiger partial charge in [-0.2, -0.15) is 13.2 Å². The van der Waals surface area contributed by atoms with Gasteiger partial charge in [-0.1, -0.05) is 11.6 Å². The fourth-order valence-electron chi connectivity index (χ4n) is 3.91. The Hall–Kier alpha value is -3.23. The third-order valence-electron chi connectivity index (χ3n) is 5.85. The van der Waals surface area contributed by atoms with Crippen LogP contribution in [0.1, 0.15) is 11.3 Å². The van der Waals surface area contributed by atoms with Crippen LogP contribution < -0.4 is 21.9 Å². The van der Waals surface area contributed by atoms with Crippen LogP contribution in [-0.2, 0) is 17.5 Å². The van der Waals surface area contributed by atoms with Gasteiger partial charge in [0.05, 0.1) is 22.8 Å². The molecule has 1 fully saturated rings. The number of thiazole rings is 1. The van der Waals surface area contributed by atoms with Gasteiger partial charge in [-0.3, -0.25) is 20.0 Å². The predicted molar refractivity (Wildman–Crippen MR) is 141 cm³/mol. The van der Waals surface area contributed by atoms with Gasteiger partial charge >= 0.3 is 12.2 Å². The second-order valence-corrected chi connectivity index (χ2v) is 9.88. The number of halogens is 4. The number of nitrogens with two attached hydrogens (primary N) is 1. The molecule has 3 amide bonds. The highest BCUT2D eigenvalue weighted by Gasteiger charge is 2.33. The Bertz CT molecular complexity index is 1280. The summed E-state index contributed by atoms with van der Waals surface area (Å²) in [5, 5.41) is 7.46. The van der Waals surface area contributed by atoms with Crippen LogP contribution in [0.2, 0.25) is 5.02 Å². The van der Waals surface area contributed by atoms with Crippen molar-refractivity contribution in [2.45, 2.75) is 12.7 Å². The Morgan fingerprint density at radius 3 is 2.26 bits per heavy atom. The average molecular weight is 568 g/mol. The molecule has 38 heavy (non-hydrogen) atoms. The SMILES string of the molecule is NNC(=O)CN1CCN(Cc2csc(-c3ccc(NC(=O)Nc4ccc(C(F)(F)F)c(Cl)c4)cc3)n2)CC1. The second-order valence-electron chi connectivity index (χ2n) is 8.61. The fraction of sp³-hybridized carbons (Fsp3) is 0.292. The van der Waals surface area contributed by atoms with Crippen molar-refractivity contribution < 1.29 is 22.8 Å². The van der Waals surface area contributed by atoms with Crippen molar-refractivity contribution in [2.75, 3.05) is 43.4 Å². The maximum absolute atomic E-state index is 12.8. The van der Waals surface area contributed by atoms with Gasteiger partial charge in [0.25, 0.3) is 0 Å². The number of hydrogen-bond donors (Lipinski definition) is 4. The van der Waals surface area contributed by atoms with Gasteiger partial charge in [-0.15, -0.1) is 11.3 Å². The maximum Gasteiger partial charge on any atom is 0.417 e. The van der Waals surface area contributed by atoms with Crippen LogP contribution in [0.25, 0.3) is 10.6 Å². The number of nitrogens with zero attached hydrogens (tertiary/aromatic N) is 3. The van der Waals surface area contributed by atoms with Crippen molar-refractivity contribution >= 4 is 46.3 Å². The zero-order valence-electron chi connectivity index (χ0n) is 20.0. The highest BCUT2D eigenvalue weighted by molar-refractivity contribution is 7.13. The molecule has 1 saturated heterocycles. The van der Waals surface area contributed by atoms with Gasteiger partial charge in [0.15, 0.2) is 0 Å². The summed E-state index contributed by atoms with van der Waals surface area (Å²) >= 11 is 7.22. The van der Waals surface area contributed by atoms with Crippen LogP contribution in [0.4, 0.5) is 29.3 Å². The van der Waals surface area contributed by atoms with Crippen LogP contribution in [0, 0.1) is 0 Å². The number of carbonyl (C=O) groups excluding carboxylic acids is 2. The molecule has 1 aliphatic heterocycles. The first-order chi connectivity index (χ1) is 18.1. The summed E-state index contributed by atoms with van der Waals surface area (Å²) in [5.41, 5.74) is 3.66. The van der Waals surface area contributed by atoms with Gasteiger partial charge in [-0.25, -0.2) is 15.6 Å². The van der Waals surface area contributed by atoms with Gasteiger partial charge in [0.1, 0.15) is 5.01 Å². The number of benzene rings is 2. The first-order valence-electron chi connectivity index (χ1n) is 11.5. The summed E-state index contributed by atoms with van der Waals surface area (Å²) in [6, 6.07) is 9.47. The molecule has 0 saturated carbocycles. The minimum Gasteiger partial charge on any atom is -0.308 e. The van der Waals surface area contributed by atoms with E-state index in [2.05, 4.69) is 25.9 Å². The zero-order chi connectivity index (χ0) is 27.3. The van der Waals surface area contributed by atoms with Gasteiger partial charge in [-0.05, 0) is 42.5 Å². The molecule has 14 heteroatoms. The molecular weight excluding hydrogens is 543 g/mol. The number of aromatic nitrogens is 1. The number of nitrogens with one attached hydrogen (secondary N) is 3. The van der Waals surface area contributed by atoms with Gasteiger partial charge in [0.2, 0.25) is 5.91 Å². The van der Waals surface area contributed by atoms with E-state index in [1.807, 2.05) is 17.5 Å². The number of hydrazine groups is 1. The molecule has 2 heterocycles. The lowest BCUT2D eigenvalue weighted by atomic mass is 10.2. The van der Waals surface area contributed by atoms with Crippen LogP contribution in [0.15, 0.2) is 47.8 Å². The van der Waals surface area contributed by atoms with Gasteiger partial charge < -0.3 is 10.6 Å². The number of carbonyl (C=O) groups is 2. The van der Waals surface area contributed by atoms with E-state index in [-0.39, 0.29) is 11.6 Å². The summed E-state index contributed by atoms with van der Waals surface area (Å²) in [6.45, 7) is 4.21. The molecule has 0 radical (unpaired) electrons. The molecule has 1 aliphatic rings. The summed E-state index contributed by atoms with van der Waals surface area (Å²) in [6.07, 6.45) is -4.57. The average Bonchev–Trinajstić information content (AvgIpc) is 3.33. The molecule has 0 atom stereocenters. The molecule has 0 bridgehead atoms. The lowest BCUT2D eigenvalue weighted by Gasteiger charge is -2.33. The Morgan fingerprint density at radius 1 is 1.00 bits per heavy atom. The molecule has 0 unspecified atom stereocenters. The molecular formula is C24H25ClF3N7O2S. The van der Waals surface area contributed by atoms with Crippen LogP contribution in [0.5, 0.6) is 0 Å². The number of rotatable bonds is 7. The Labute approximate surface area is 225 Å². The largest absolute Gasteiger partial charge is 0.417 e. The molecule has 3 aromatic rings. The summed E-state index contributed by atoms with van der Waals surface area (Å²) in [7, 11) is 0. The van der Waals surface area contributed by atoms with Gasteiger partial charge in [0, 0.05) is 55.0 Å². The van der Waals surface area contributed by atoms with E-state index in [0.717, 1.165) is 60.6 Å². The number of piperazine rings is 1. The second kappa shape index (κ2) is 12.1. The highest BCUT2D eigenvalue weighted by Crippen LogP contribution is 2.36. The van der Waals surface area contributed by atoms with E-state index in [0.29, 0.717) is 18.8 Å². The maximum atomic E-state index is 12.8. The summed E-state index contributed by atoms with van der Waals surface area (Å²) in [5.74, 6) is 4.95. The quantitative estimate of drug-likeness (QED) is 0.193. The van der Waals surface area contributed by atoms with E-state index in [1.54, 1.807) is 12.1 Å². The molecule has 202 valence electrons. The van der Waals surface area contributed by atoms with Crippen molar-refractivity contribution in [3.8, 4) is 10.6 Å². The number of urea groups is 1. The fourth-order valence-corrected chi connectivity index (χ4v) is 5.01. The van der Waals surface area contributed by atoms with Crippen molar-refractivity contribution in [3.05, 3.63) is 64.1 Å². The van der Waals surface area contributed by atoms with E-state index < -0.39 is 22.8 Å². The van der Waals surface area contributed by atoms with Crippen molar-refractivity contribution in [1.29, 1.82) is 0 Å². The molecule has 1 aromatic heterocycles. The summed E-state index contributed by atoms with van der Waals surface area (Å²) < 4.78 is 38.5. The van der Waals surface area contributed by atoms with Crippen molar-refractivity contribution in [2.24, 2.45) is 5.84 Å². The number of hydrogen-bond acceptors (Lipinski definition) is 7. The summed E-state index contributed by atoms with van der Waals surface area (Å²) in [4.78, 5) is 32.8. The topological polar surface area (TPSA) is 116 Å². The predicted octanol–water partition coefficient (Wildman–Crippen LogP) is 4.23. The third kappa shape index (κ3) is 7.42. The minimum absolute atomic E-state index is 0.134. The van der Waals surface area contributed by atoms with Crippen molar-refractivity contribution in [3.63, 3.8) is 0 Å². The van der Waals surface area contributed by atoms with E-state index in [9.17, 15) is 22.8 Å². The van der Waals surface area contributed by atoms with E-state index in [4.69, 9.17) is 22.4 Å². The molecule has 5 N–H and O–H groups in total. The standard InChI is InChI=1S/C24H25ClF3N7O2S/c25-20-11-17(5-6-19(20)24(26,27)28)32-23(37)31-16-3-1-15(2-4-16)22-30-18(14-38-22)12-34-7-9-35(10-8-34)13-21(36)33-29/h1-6,11,14H,7-10,12-13,29H2,(H,33,36)(H2,31,32,37). The zero-order valence-corrected chi connectivity index (χ0v) is 21.6. The Morgan fingerprint density at radius 2 is 1.63 bits per heavy atom. The normalized spacial score (nSPS) is 14.8. The minimum atomic E-state index is -4.57. The van der Waals surface area contributed by atoms with E-state index >= 15 is 0 Å². The number of alkyl halides is 3. The van der Waals surface area contributed by atoms with Crippen LogP contribution in [0.3, 0.4) is 0 Å². The monoisotopic (exact) mass is 567 g/mol. The molecule has 4 rings (SSSR count). The molecule has 9 nitrogen and oxygen atoms in total. The highest BCUT2D eigenvalue weighted by atomic mass is 35.5. The first kappa shape index (κ1) is 27.8. The Kier molecular flexibility index (Phi) is 8.84. The smallest absolute Gasteiger partial charge is 0.308 e. The Balaban J connectivity index is 1.28. The third-order valence-corrected chi connectivity index (χ3v) is 7.11. The number of anilines is 2. The van der Waals surface area contributed by atoms with Crippen molar-refractivity contribution in [1.82, 2.24) is 20.2 Å².